The topological polar surface area (TPSA) is 29.3 Å². The molecule has 0 aliphatic rings. The predicted molar refractivity (Wildman–Crippen MR) is 89.3 cm³/mol. The van der Waals surface area contributed by atoms with Gasteiger partial charge in [0.05, 0.1) is 0 Å². The predicted octanol–water partition coefficient (Wildman–Crippen LogP) is 3.54. The van der Waals surface area contributed by atoms with E-state index in [0.29, 0.717) is 6.04 Å². The van der Waals surface area contributed by atoms with Crippen LogP contribution < -0.4 is 10.6 Å². The lowest BCUT2D eigenvalue weighted by atomic mass is 10.0. The third-order valence-corrected chi connectivity index (χ3v) is 4.41. The van der Waals surface area contributed by atoms with E-state index in [0.717, 1.165) is 12.8 Å². The fraction of sp³-hybridized carbons (Fsp3) is 0.625. The van der Waals surface area contributed by atoms with Gasteiger partial charge in [-0.2, -0.15) is 11.8 Å². The summed E-state index contributed by atoms with van der Waals surface area (Å²) in [6, 6.07) is 9.71. The van der Waals surface area contributed by atoms with E-state index in [2.05, 4.69) is 56.3 Å². The molecule has 2 N–H and O–H groups in total. The fourth-order valence-corrected chi connectivity index (χ4v) is 2.63. The van der Waals surface area contributed by atoms with E-state index < -0.39 is 0 Å². The Balaban J connectivity index is 2.59. The lowest BCUT2D eigenvalue weighted by Gasteiger charge is -2.27. The standard InChI is InChI=1S/C16H28N2S/c1-5-15(17)12-14-6-8-16(9-7-14)18(3)13(2)10-11-19-4/h6-9,13,15H,5,10-12,17H2,1-4H3. The maximum Gasteiger partial charge on any atom is 0.0366 e. The Hall–Kier alpha value is -0.670. The average molecular weight is 280 g/mol. The largest absolute Gasteiger partial charge is 0.372 e. The van der Waals surface area contributed by atoms with Crippen LogP contribution in [0.4, 0.5) is 5.69 Å². The van der Waals surface area contributed by atoms with Crippen LogP contribution in [0.2, 0.25) is 0 Å². The van der Waals surface area contributed by atoms with Gasteiger partial charge in [-0.3, -0.25) is 0 Å². The van der Waals surface area contributed by atoms with E-state index in [-0.39, 0.29) is 6.04 Å². The Morgan fingerprint density at radius 2 is 1.89 bits per heavy atom. The number of anilines is 1. The molecule has 0 bridgehead atoms. The highest BCUT2D eigenvalue weighted by molar-refractivity contribution is 7.98. The van der Waals surface area contributed by atoms with Crippen molar-refractivity contribution in [3.05, 3.63) is 29.8 Å². The molecular weight excluding hydrogens is 252 g/mol. The number of hydrogen-bond donors (Lipinski definition) is 1. The van der Waals surface area contributed by atoms with E-state index in [4.69, 9.17) is 5.73 Å². The minimum atomic E-state index is 0.282. The molecule has 0 saturated heterocycles. The van der Waals surface area contributed by atoms with Crippen molar-refractivity contribution in [1.29, 1.82) is 0 Å². The molecule has 1 aromatic rings. The third kappa shape index (κ3) is 5.45. The molecule has 0 aliphatic carbocycles. The maximum absolute atomic E-state index is 5.99. The minimum Gasteiger partial charge on any atom is -0.372 e. The van der Waals surface area contributed by atoms with E-state index in [1.54, 1.807) is 0 Å². The lowest BCUT2D eigenvalue weighted by Crippen LogP contribution is -2.29. The van der Waals surface area contributed by atoms with Gasteiger partial charge in [-0.05, 0) is 55.9 Å². The Morgan fingerprint density at radius 1 is 1.26 bits per heavy atom. The Bertz CT molecular complexity index is 350. The first kappa shape index (κ1) is 16.4. The van der Waals surface area contributed by atoms with E-state index in [1.165, 1.54) is 23.4 Å². The van der Waals surface area contributed by atoms with Crippen LogP contribution in [0.1, 0.15) is 32.3 Å². The summed E-state index contributed by atoms with van der Waals surface area (Å²) in [5.74, 6) is 1.22. The highest BCUT2D eigenvalue weighted by Gasteiger charge is 2.09. The summed E-state index contributed by atoms with van der Waals surface area (Å²) in [6.07, 6.45) is 5.40. The fourth-order valence-electron chi connectivity index (χ4n) is 2.05. The van der Waals surface area contributed by atoms with Crippen LogP contribution >= 0.6 is 11.8 Å². The van der Waals surface area contributed by atoms with Crippen molar-refractivity contribution in [2.24, 2.45) is 5.73 Å². The molecule has 108 valence electrons. The molecule has 0 fully saturated rings. The average Bonchev–Trinajstić information content (AvgIpc) is 2.44. The molecule has 0 amide bonds. The van der Waals surface area contributed by atoms with Gasteiger partial charge in [-0.15, -0.1) is 0 Å². The molecule has 0 aromatic heterocycles. The number of nitrogens with zero attached hydrogens (tertiary/aromatic N) is 1. The molecule has 2 nitrogen and oxygen atoms in total. The molecular formula is C16H28N2S. The number of nitrogens with two attached hydrogens (primary N) is 1. The SMILES string of the molecule is CCC(N)Cc1ccc(N(C)C(C)CCSC)cc1. The monoisotopic (exact) mass is 280 g/mol. The van der Waals surface area contributed by atoms with Crippen LogP contribution in [0.15, 0.2) is 24.3 Å². The first-order valence-electron chi connectivity index (χ1n) is 7.14. The number of hydrogen-bond acceptors (Lipinski definition) is 3. The Kier molecular flexibility index (Phi) is 7.32. The second-order valence-electron chi connectivity index (χ2n) is 5.28. The van der Waals surface area contributed by atoms with Gasteiger partial charge in [0.1, 0.15) is 0 Å². The van der Waals surface area contributed by atoms with Gasteiger partial charge in [-0.1, -0.05) is 19.1 Å². The van der Waals surface area contributed by atoms with Crippen molar-refractivity contribution in [2.45, 2.75) is 45.2 Å². The summed E-state index contributed by atoms with van der Waals surface area (Å²) in [5, 5.41) is 0. The molecule has 0 heterocycles. The number of thioether (sulfide) groups is 1. The smallest absolute Gasteiger partial charge is 0.0366 e. The van der Waals surface area contributed by atoms with Crippen molar-refractivity contribution in [3.8, 4) is 0 Å². The van der Waals surface area contributed by atoms with E-state index >= 15 is 0 Å². The highest BCUT2D eigenvalue weighted by Crippen LogP contribution is 2.19. The Labute approximate surface area is 122 Å². The zero-order valence-electron chi connectivity index (χ0n) is 12.7. The van der Waals surface area contributed by atoms with E-state index in [1.807, 2.05) is 11.8 Å². The second-order valence-corrected chi connectivity index (χ2v) is 6.27. The first-order chi connectivity index (χ1) is 9.08. The van der Waals surface area contributed by atoms with Gasteiger partial charge in [-0.25, -0.2) is 0 Å². The maximum atomic E-state index is 5.99. The molecule has 2 unspecified atom stereocenters. The molecule has 19 heavy (non-hydrogen) atoms. The summed E-state index contributed by atoms with van der Waals surface area (Å²) < 4.78 is 0. The quantitative estimate of drug-likeness (QED) is 0.789. The summed E-state index contributed by atoms with van der Waals surface area (Å²) in [4.78, 5) is 2.36. The third-order valence-electron chi connectivity index (χ3n) is 3.77. The number of rotatable bonds is 8. The van der Waals surface area contributed by atoms with E-state index in [9.17, 15) is 0 Å². The van der Waals surface area contributed by atoms with Gasteiger partial charge < -0.3 is 10.6 Å². The van der Waals surface area contributed by atoms with Crippen molar-refractivity contribution in [2.75, 3.05) is 24.0 Å². The molecule has 0 saturated carbocycles. The van der Waals surface area contributed by atoms with Gasteiger partial charge in [0.15, 0.2) is 0 Å². The van der Waals surface area contributed by atoms with Crippen LogP contribution in [0.5, 0.6) is 0 Å². The van der Waals surface area contributed by atoms with Crippen LogP contribution in [0, 0.1) is 0 Å². The molecule has 2 atom stereocenters. The normalized spacial score (nSPS) is 14.2. The highest BCUT2D eigenvalue weighted by atomic mass is 32.2. The molecule has 1 rings (SSSR count). The second kappa shape index (κ2) is 8.49. The minimum absolute atomic E-state index is 0.282. The van der Waals surface area contributed by atoms with Gasteiger partial charge >= 0.3 is 0 Å². The zero-order valence-corrected chi connectivity index (χ0v) is 13.5. The Morgan fingerprint density at radius 3 is 2.42 bits per heavy atom. The molecule has 1 aromatic carbocycles. The van der Waals surface area contributed by atoms with Crippen molar-refractivity contribution >= 4 is 17.4 Å². The number of benzene rings is 1. The van der Waals surface area contributed by atoms with Crippen molar-refractivity contribution in [1.82, 2.24) is 0 Å². The molecule has 0 radical (unpaired) electrons. The van der Waals surface area contributed by atoms with Gasteiger partial charge in [0.2, 0.25) is 0 Å². The molecule has 0 spiro atoms. The summed E-state index contributed by atoms with van der Waals surface area (Å²) in [5.41, 5.74) is 8.62. The lowest BCUT2D eigenvalue weighted by molar-refractivity contribution is 0.645. The van der Waals surface area contributed by atoms with Crippen LogP contribution in [-0.4, -0.2) is 31.1 Å². The van der Waals surface area contributed by atoms with Crippen LogP contribution in [0.3, 0.4) is 0 Å². The molecule has 0 aliphatic heterocycles. The summed E-state index contributed by atoms with van der Waals surface area (Å²) >= 11 is 1.91. The van der Waals surface area contributed by atoms with Crippen molar-refractivity contribution in [3.63, 3.8) is 0 Å². The van der Waals surface area contributed by atoms with Crippen LogP contribution in [-0.2, 0) is 6.42 Å². The van der Waals surface area contributed by atoms with Crippen molar-refractivity contribution < 1.29 is 0 Å². The molecule has 3 heteroatoms. The first-order valence-corrected chi connectivity index (χ1v) is 8.54. The zero-order chi connectivity index (χ0) is 14.3. The van der Waals surface area contributed by atoms with Crippen LogP contribution in [0.25, 0.3) is 0 Å². The van der Waals surface area contributed by atoms with Gasteiger partial charge in [0, 0.05) is 24.8 Å². The summed E-state index contributed by atoms with van der Waals surface area (Å²) in [6.45, 7) is 4.43. The summed E-state index contributed by atoms with van der Waals surface area (Å²) in [7, 11) is 2.18. The van der Waals surface area contributed by atoms with Gasteiger partial charge in [0.25, 0.3) is 0 Å².